The lowest BCUT2D eigenvalue weighted by atomic mass is 10.1. The summed E-state index contributed by atoms with van der Waals surface area (Å²) in [5.74, 6) is 0. The normalized spacial score (nSPS) is 11.9. The van der Waals surface area contributed by atoms with E-state index in [4.69, 9.17) is 5.11 Å². The van der Waals surface area contributed by atoms with Gasteiger partial charge in [0.15, 0.2) is 0 Å². The van der Waals surface area contributed by atoms with Gasteiger partial charge in [0, 0.05) is 6.61 Å². The van der Waals surface area contributed by atoms with Crippen LogP contribution in [0.5, 0.6) is 0 Å². The summed E-state index contributed by atoms with van der Waals surface area (Å²) in [6.45, 7) is 2.50. The van der Waals surface area contributed by atoms with Gasteiger partial charge in [-0.25, -0.2) is 0 Å². The van der Waals surface area contributed by atoms with E-state index in [9.17, 15) is 0 Å². The molecule has 1 heteroatoms. The highest BCUT2D eigenvalue weighted by molar-refractivity contribution is 4.81. The van der Waals surface area contributed by atoms with E-state index in [1.54, 1.807) is 0 Å². The average molecular weight is 238 g/mol. The Labute approximate surface area is 108 Å². The van der Waals surface area contributed by atoms with Gasteiger partial charge < -0.3 is 5.11 Å². The third-order valence-electron chi connectivity index (χ3n) is 2.83. The first-order valence-corrected chi connectivity index (χ1v) is 7.32. The average Bonchev–Trinajstić information content (AvgIpc) is 2.35. The molecule has 0 rings (SSSR count). The van der Waals surface area contributed by atoms with E-state index in [-0.39, 0.29) is 6.61 Å². The van der Waals surface area contributed by atoms with Gasteiger partial charge in [0.2, 0.25) is 0 Å². The summed E-state index contributed by atoms with van der Waals surface area (Å²) in [6.07, 6.45) is 21.4. The molecular formula is C16H30O. The van der Waals surface area contributed by atoms with Crippen molar-refractivity contribution in [1.82, 2.24) is 0 Å². The van der Waals surface area contributed by atoms with Crippen molar-refractivity contribution in [2.45, 2.75) is 71.1 Å². The van der Waals surface area contributed by atoms with Gasteiger partial charge in [-0.2, -0.15) is 0 Å². The molecule has 0 aromatic heterocycles. The summed E-state index contributed by atoms with van der Waals surface area (Å²) in [4.78, 5) is 0. The van der Waals surface area contributed by atoms with Crippen molar-refractivity contribution in [3.05, 3.63) is 24.3 Å². The van der Waals surface area contributed by atoms with E-state index in [1.165, 1.54) is 57.8 Å². The maximum absolute atomic E-state index is 8.59. The van der Waals surface area contributed by atoms with Gasteiger partial charge in [0.25, 0.3) is 0 Å². The molecule has 0 saturated carbocycles. The molecule has 0 aromatic rings. The minimum absolute atomic E-state index is 0.280. The predicted molar refractivity (Wildman–Crippen MR) is 77.2 cm³/mol. The quantitative estimate of drug-likeness (QED) is 0.374. The largest absolute Gasteiger partial charge is 0.396 e. The van der Waals surface area contributed by atoms with E-state index in [0.29, 0.717) is 0 Å². The van der Waals surface area contributed by atoms with Crippen molar-refractivity contribution < 1.29 is 5.11 Å². The molecule has 0 unspecified atom stereocenters. The molecule has 17 heavy (non-hydrogen) atoms. The highest BCUT2D eigenvalue weighted by Crippen LogP contribution is 2.08. The van der Waals surface area contributed by atoms with E-state index >= 15 is 0 Å². The van der Waals surface area contributed by atoms with Gasteiger partial charge in [-0.05, 0) is 38.5 Å². The Morgan fingerprint density at radius 1 is 0.647 bits per heavy atom. The zero-order valence-electron chi connectivity index (χ0n) is 11.5. The molecule has 0 aromatic carbocycles. The first-order valence-electron chi connectivity index (χ1n) is 7.32. The van der Waals surface area contributed by atoms with Crippen LogP contribution in [-0.4, -0.2) is 11.7 Å². The van der Waals surface area contributed by atoms with Crippen LogP contribution in [0.25, 0.3) is 0 Å². The Balaban J connectivity index is 3.03. The molecule has 100 valence electrons. The first kappa shape index (κ1) is 16.4. The number of rotatable bonds is 12. The van der Waals surface area contributed by atoms with Crippen LogP contribution < -0.4 is 0 Å². The Kier molecular flexibility index (Phi) is 14.9. The highest BCUT2D eigenvalue weighted by Gasteiger charge is 1.88. The molecular weight excluding hydrogens is 208 g/mol. The molecule has 1 nitrogen and oxygen atoms in total. The Bertz CT molecular complexity index is 162. The van der Waals surface area contributed by atoms with E-state index in [0.717, 1.165) is 6.42 Å². The van der Waals surface area contributed by atoms with E-state index in [2.05, 4.69) is 31.2 Å². The zero-order valence-corrected chi connectivity index (χ0v) is 11.5. The third-order valence-corrected chi connectivity index (χ3v) is 2.83. The summed E-state index contributed by atoms with van der Waals surface area (Å²) in [6, 6.07) is 0. The fraction of sp³-hybridized carbons (Fsp3) is 0.750. The van der Waals surface area contributed by atoms with Crippen molar-refractivity contribution in [2.24, 2.45) is 0 Å². The number of allylic oxidation sites excluding steroid dienone is 3. The minimum Gasteiger partial charge on any atom is -0.396 e. The molecule has 0 aliphatic carbocycles. The maximum atomic E-state index is 8.59. The van der Waals surface area contributed by atoms with Crippen molar-refractivity contribution in [3.8, 4) is 0 Å². The summed E-state index contributed by atoms with van der Waals surface area (Å²) < 4.78 is 0. The van der Waals surface area contributed by atoms with E-state index in [1.807, 2.05) is 0 Å². The molecule has 0 saturated heterocycles. The van der Waals surface area contributed by atoms with Crippen LogP contribution in [0.1, 0.15) is 71.1 Å². The van der Waals surface area contributed by atoms with Crippen LogP contribution in [0.4, 0.5) is 0 Å². The molecule has 0 heterocycles. The Morgan fingerprint density at radius 2 is 1.12 bits per heavy atom. The van der Waals surface area contributed by atoms with Crippen LogP contribution >= 0.6 is 0 Å². The lowest BCUT2D eigenvalue weighted by Gasteiger charge is -1.98. The number of hydrogen-bond donors (Lipinski definition) is 1. The van der Waals surface area contributed by atoms with E-state index < -0.39 is 0 Å². The molecule has 0 atom stereocenters. The van der Waals surface area contributed by atoms with Crippen LogP contribution in [0.2, 0.25) is 0 Å². The second-order valence-corrected chi connectivity index (χ2v) is 4.59. The van der Waals surface area contributed by atoms with Gasteiger partial charge in [-0.15, -0.1) is 0 Å². The smallest absolute Gasteiger partial charge is 0.0465 e. The lowest BCUT2D eigenvalue weighted by Crippen LogP contribution is -1.79. The SMILES string of the molecule is CCC/C=C/CCCCCCC/C=C/CCO. The zero-order chi connectivity index (χ0) is 12.6. The van der Waals surface area contributed by atoms with Crippen LogP contribution in [0.3, 0.4) is 0 Å². The molecule has 1 N–H and O–H groups in total. The molecule has 0 fully saturated rings. The molecule has 0 spiro atoms. The molecule has 0 aliphatic rings. The molecule has 0 bridgehead atoms. The van der Waals surface area contributed by atoms with Crippen LogP contribution in [0, 0.1) is 0 Å². The molecule has 0 amide bonds. The van der Waals surface area contributed by atoms with Crippen molar-refractivity contribution in [2.75, 3.05) is 6.61 Å². The fourth-order valence-electron chi connectivity index (χ4n) is 1.77. The standard InChI is InChI=1S/C16H30O/c1-2-3-4-5-6-7-8-9-10-11-12-13-14-15-16-17/h4-5,13-14,17H,2-3,6-12,15-16H2,1H3/b5-4+,14-13+. The van der Waals surface area contributed by atoms with Crippen LogP contribution in [-0.2, 0) is 0 Å². The minimum atomic E-state index is 0.280. The monoisotopic (exact) mass is 238 g/mol. The lowest BCUT2D eigenvalue weighted by molar-refractivity contribution is 0.302. The highest BCUT2D eigenvalue weighted by atomic mass is 16.2. The molecule has 0 aliphatic heterocycles. The fourth-order valence-corrected chi connectivity index (χ4v) is 1.77. The number of aliphatic hydroxyl groups excluding tert-OH is 1. The predicted octanol–water partition coefficient (Wildman–Crippen LogP) is 5.01. The topological polar surface area (TPSA) is 20.2 Å². The van der Waals surface area contributed by atoms with Gasteiger partial charge in [-0.3, -0.25) is 0 Å². The summed E-state index contributed by atoms with van der Waals surface area (Å²) in [5.41, 5.74) is 0. The third kappa shape index (κ3) is 15.4. The Hall–Kier alpha value is -0.560. The summed E-state index contributed by atoms with van der Waals surface area (Å²) >= 11 is 0. The van der Waals surface area contributed by atoms with Crippen molar-refractivity contribution in [1.29, 1.82) is 0 Å². The summed E-state index contributed by atoms with van der Waals surface area (Å²) in [7, 11) is 0. The summed E-state index contributed by atoms with van der Waals surface area (Å²) in [5, 5.41) is 8.59. The van der Waals surface area contributed by atoms with Gasteiger partial charge in [0.05, 0.1) is 0 Å². The van der Waals surface area contributed by atoms with Crippen LogP contribution in [0.15, 0.2) is 24.3 Å². The molecule has 0 radical (unpaired) electrons. The number of aliphatic hydroxyl groups is 1. The van der Waals surface area contributed by atoms with Gasteiger partial charge in [-0.1, -0.05) is 56.9 Å². The maximum Gasteiger partial charge on any atom is 0.0465 e. The van der Waals surface area contributed by atoms with Crippen molar-refractivity contribution >= 4 is 0 Å². The van der Waals surface area contributed by atoms with Gasteiger partial charge in [0.1, 0.15) is 0 Å². The van der Waals surface area contributed by atoms with Crippen molar-refractivity contribution in [3.63, 3.8) is 0 Å². The second kappa shape index (κ2) is 15.4. The second-order valence-electron chi connectivity index (χ2n) is 4.59. The number of unbranched alkanes of at least 4 members (excludes halogenated alkanes) is 7. The Morgan fingerprint density at radius 3 is 1.65 bits per heavy atom. The van der Waals surface area contributed by atoms with Gasteiger partial charge >= 0.3 is 0 Å². The first-order chi connectivity index (χ1) is 8.41. The number of hydrogen-bond acceptors (Lipinski definition) is 1.